The molecule has 6 nitrogen and oxygen atoms in total. The summed E-state index contributed by atoms with van der Waals surface area (Å²) in [5, 5.41) is 5.53. The van der Waals surface area contributed by atoms with Crippen LogP contribution in [0.1, 0.15) is 37.4 Å². The Balaban J connectivity index is 1.50. The monoisotopic (exact) mass is 516 g/mol. The molecule has 0 spiro atoms. The number of carbonyl (C=O) groups is 3. The molecular formula is C33H28N2O4. The summed E-state index contributed by atoms with van der Waals surface area (Å²) >= 11 is 0. The lowest BCUT2D eigenvalue weighted by molar-refractivity contribution is -0.113. The summed E-state index contributed by atoms with van der Waals surface area (Å²) in [6.07, 6.45) is 4.81. The third-order valence-corrected chi connectivity index (χ3v) is 5.86. The molecule has 4 aromatic carbocycles. The molecule has 0 saturated carbocycles. The Bertz CT molecular complexity index is 1540. The van der Waals surface area contributed by atoms with E-state index in [1.54, 1.807) is 67.8 Å². The van der Waals surface area contributed by atoms with E-state index in [1.165, 1.54) is 6.08 Å². The van der Waals surface area contributed by atoms with E-state index in [9.17, 15) is 14.4 Å². The lowest BCUT2D eigenvalue weighted by Crippen LogP contribution is -2.30. The predicted octanol–water partition coefficient (Wildman–Crippen LogP) is 6.31. The first kappa shape index (κ1) is 26.8. The van der Waals surface area contributed by atoms with E-state index in [2.05, 4.69) is 10.6 Å². The highest BCUT2D eigenvalue weighted by Crippen LogP contribution is 2.19. The first-order valence-corrected chi connectivity index (χ1v) is 12.3. The molecule has 194 valence electrons. The topological polar surface area (TPSA) is 84.5 Å². The summed E-state index contributed by atoms with van der Waals surface area (Å²) < 4.78 is 5.31. The summed E-state index contributed by atoms with van der Waals surface area (Å²) in [6, 6.07) is 30.3. The molecular weight excluding hydrogens is 488 g/mol. The van der Waals surface area contributed by atoms with E-state index < -0.39 is 11.8 Å². The van der Waals surface area contributed by atoms with Crippen molar-refractivity contribution >= 4 is 35.4 Å². The Kier molecular flexibility index (Phi) is 8.83. The number of amides is 2. The number of methoxy groups -OCH3 is 1. The zero-order chi connectivity index (χ0) is 27.6. The van der Waals surface area contributed by atoms with Crippen LogP contribution in [0.5, 0.6) is 5.75 Å². The van der Waals surface area contributed by atoms with Crippen LogP contribution >= 0.6 is 0 Å². The maximum absolute atomic E-state index is 13.2. The standard InChI is InChI=1S/C33H28N2O4/c1-23-9-8-10-24(21-23)22-29(35-32(37)27-12-4-3-5-13-27)33(38)34-28-18-15-25(16-19-28)30(36)20-17-26-11-6-7-14-31(26)39-2/h3-22H,1-2H3,(H,34,38)(H,35,37)/b20-17+,29-22-. The van der Waals surface area contributed by atoms with E-state index in [-0.39, 0.29) is 11.5 Å². The number of benzene rings is 4. The minimum absolute atomic E-state index is 0.0920. The number of allylic oxidation sites excluding steroid dienone is 1. The van der Waals surface area contributed by atoms with E-state index in [0.717, 1.165) is 16.7 Å². The number of aryl methyl sites for hydroxylation is 1. The van der Waals surface area contributed by atoms with Gasteiger partial charge in [-0.05, 0) is 73.2 Å². The smallest absolute Gasteiger partial charge is 0.272 e. The Morgan fingerprint density at radius 1 is 0.769 bits per heavy atom. The lowest BCUT2D eigenvalue weighted by atomic mass is 10.1. The molecule has 0 bridgehead atoms. The second-order valence-electron chi connectivity index (χ2n) is 8.76. The molecule has 2 N–H and O–H groups in total. The van der Waals surface area contributed by atoms with Gasteiger partial charge in [0.25, 0.3) is 11.8 Å². The maximum Gasteiger partial charge on any atom is 0.272 e. The van der Waals surface area contributed by atoms with Gasteiger partial charge in [0.15, 0.2) is 5.78 Å². The fourth-order valence-corrected chi connectivity index (χ4v) is 3.85. The fraction of sp³-hybridized carbons (Fsp3) is 0.0606. The van der Waals surface area contributed by atoms with Gasteiger partial charge in [0.1, 0.15) is 11.4 Å². The van der Waals surface area contributed by atoms with Crippen LogP contribution in [0.25, 0.3) is 12.2 Å². The molecule has 0 heterocycles. The van der Waals surface area contributed by atoms with Gasteiger partial charge in [-0.3, -0.25) is 14.4 Å². The third kappa shape index (κ3) is 7.40. The number of ether oxygens (including phenoxy) is 1. The molecule has 0 radical (unpaired) electrons. The number of ketones is 1. The van der Waals surface area contributed by atoms with Crippen molar-refractivity contribution in [2.24, 2.45) is 0 Å². The summed E-state index contributed by atoms with van der Waals surface area (Å²) in [7, 11) is 1.58. The number of para-hydroxylation sites is 1. The van der Waals surface area contributed by atoms with Crippen molar-refractivity contribution in [2.45, 2.75) is 6.92 Å². The van der Waals surface area contributed by atoms with Crippen LogP contribution in [0.4, 0.5) is 5.69 Å². The van der Waals surface area contributed by atoms with Crippen LogP contribution in [-0.2, 0) is 4.79 Å². The van der Waals surface area contributed by atoms with Gasteiger partial charge in [-0.2, -0.15) is 0 Å². The van der Waals surface area contributed by atoms with Gasteiger partial charge in [-0.15, -0.1) is 0 Å². The first-order valence-electron chi connectivity index (χ1n) is 12.3. The Hall–Kier alpha value is -5.23. The van der Waals surface area contributed by atoms with Crippen molar-refractivity contribution in [1.82, 2.24) is 5.32 Å². The Morgan fingerprint density at radius 3 is 2.21 bits per heavy atom. The van der Waals surface area contributed by atoms with Crippen LogP contribution < -0.4 is 15.4 Å². The van der Waals surface area contributed by atoms with E-state index >= 15 is 0 Å². The predicted molar refractivity (Wildman–Crippen MR) is 154 cm³/mol. The number of hydrogen-bond donors (Lipinski definition) is 2. The van der Waals surface area contributed by atoms with Crippen molar-refractivity contribution in [3.05, 3.63) is 143 Å². The maximum atomic E-state index is 13.2. The normalized spacial score (nSPS) is 11.2. The van der Waals surface area contributed by atoms with Crippen LogP contribution in [0.15, 0.2) is 115 Å². The summed E-state index contributed by atoms with van der Waals surface area (Å²) in [5.41, 5.74) is 4.07. The molecule has 4 rings (SSSR count). The number of rotatable bonds is 9. The molecule has 0 unspecified atom stereocenters. The minimum atomic E-state index is -0.490. The lowest BCUT2D eigenvalue weighted by Gasteiger charge is -2.12. The summed E-state index contributed by atoms with van der Waals surface area (Å²) in [6.45, 7) is 1.95. The Labute approximate surface area is 227 Å². The van der Waals surface area contributed by atoms with E-state index in [4.69, 9.17) is 4.74 Å². The highest BCUT2D eigenvalue weighted by atomic mass is 16.5. The van der Waals surface area contributed by atoms with E-state index in [1.807, 2.05) is 61.5 Å². The zero-order valence-electron chi connectivity index (χ0n) is 21.7. The molecule has 0 atom stereocenters. The average molecular weight is 517 g/mol. The quantitative estimate of drug-likeness (QED) is 0.202. The largest absolute Gasteiger partial charge is 0.496 e. The second kappa shape index (κ2) is 12.8. The molecule has 39 heavy (non-hydrogen) atoms. The minimum Gasteiger partial charge on any atom is -0.496 e. The third-order valence-electron chi connectivity index (χ3n) is 5.86. The fourth-order valence-electron chi connectivity index (χ4n) is 3.85. The number of nitrogens with one attached hydrogen (secondary N) is 2. The van der Waals surface area contributed by atoms with Gasteiger partial charge >= 0.3 is 0 Å². The van der Waals surface area contributed by atoms with Gasteiger partial charge in [0.2, 0.25) is 0 Å². The zero-order valence-corrected chi connectivity index (χ0v) is 21.7. The Morgan fingerprint density at radius 2 is 1.49 bits per heavy atom. The SMILES string of the molecule is COc1ccccc1/C=C/C(=O)c1ccc(NC(=O)/C(=C/c2cccc(C)c2)NC(=O)c2ccccc2)cc1. The van der Waals surface area contributed by atoms with Crippen molar-refractivity contribution in [1.29, 1.82) is 0 Å². The molecule has 0 aliphatic carbocycles. The highest BCUT2D eigenvalue weighted by Gasteiger charge is 2.15. The number of hydrogen-bond acceptors (Lipinski definition) is 4. The van der Waals surface area contributed by atoms with Gasteiger partial charge < -0.3 is 15.4 Å². The van der Waals surface area contributed by atoms with Gasteiger partial charge in [0.05, 0.1) is 7.11 Å². The summed E-state index contributed by atoms with van der Waals surface area (Å²) in [4.78, 5) is 38.7. The molecule has 6 heteroatoms. The molecule has 0 aliphatic heterocycles. The van der Waals surface area contributed by atoms with Crippen LogP contribution in [0, 0.1) is 6.92 Å². The van der Waals surface area contributed by atoms with Crippen molar-refractivity contribution in [3.8, 4) is 5.75 Å². The van der Waals surface area contributed by atoms with Crippen molar-refractivity contribution in [3.63, 3.8) is 0 Å². The van der Waals surface area contributed by atoms with Crippen molar-refractivity contribution < 1.29 is 19.1 Å². The van der Waals surface area contributed by atoms with Gasteiger partial charge in [-0.25, -0.2) is 0 Å². The summed E-state index contributed by atoms with van der Waals surface area (Å²) in [5.74, 6) is -0.397. The molecule has 0 fully saturated rings. The molecule has 0 saturated heterocycles. The van der Waals surface area contributed by atoms with Crippen molar-refractivity contribution in [2.75, 3.05) is 12.4 Å². The first-order chi connectivity index (χ1) is 18.9. The number of carbonyl (C=O) groups excluding carboxylic acids is 3. The van der Waals surface area contributed by atoms with Gasteiger partial charge in [-0.1, -0.05) is 66.2 Å². The van der Waals surface area contributed by atoms with Gasteiger partial charge in [0, 0.05) is 22.4 Å². The van der Waals surface area contributed by atoms with E-state index in [0.29, 0.717) is 22.6 Å². The van der Waals surface area contributed by atoms with Crippen LogP contribution in [0.2, 0.25) is 0 Å². The average Bonchev–Trinajstić information content (AvgIpc) is 2.96. The molecule has 2 amide bonds. The van der Waals surface area contributed by atoms with Crippen LogP contribution in [0.3, 0.4) is 0 Å². The molecule has 4 aromatic rings. The second-order valence-corrected chi connectivity index (χ2v) is 8.76. The molecule has 0 aromatic heterocycles. The molecule has 0 aliphatic rings. The number of anilines is 1. The van der Waals surface area contributed by atoms with Crippen LogP contribution in [-0.4, -0.2) is 24.7 Å². The highest BCUT2D eigenvalue weighted by molar-refractivity contribution is 6.11.